The van der Waals surface area contributed by atoms with Crippen LogP contribution in [0, 0.1) is 11.6 Å². The Balaban J connectivity index is 1.94. The molecule has 7 heteroatoms. The van der Waals surface area contributed by atoms with E-state index >= 15 is 0 Å². The van der Waals surface area contributed by atoms with E-state index in [-0.39, 0.29) is 17.3 Å². The summed E-state index contributed by atoms with van der Waals surface area (Å²) in [5.41, 5.74) is 0.175. The van der Waals surface area contributed by atoms with Crippen molar-refractivity contribution < 1.29 is 18.7 Å². The van der Waals surface area contributed by atoms with Crippen LogP contribution in [-0.4, -0.2) is 27.8 Å². The fourth-order valence-electron chi connectivity index (χ4n) is 2.72. The number of H-pyrrole nitrogens is 1. The maximum absolute atomic E-state index is 13.9. The minimum Gasteiger partial charge on any atom is -0.476 e. The van der Waals surface area contributed by atoms with Gasteiger partial charge in [-0.15, -0.1) is 0 Å². The molecule has 1 atom stereocenters. The SMILES string of the molecule is O=C(O)c1cc(N2CCCC2c2cc(F)ccc2F)[nH]n1. The van der Waals surface area contributed by atoms with Crippen LogP contribution in [0.25, 0.3) is 0 Å². The molecule has 5 nitrogen and oxygen atoms in total. The number of benzene rings is 1. The van der Waals surface area contributed by atoms with Crippen LogP contribution in [0.2, 0.25) is 0 Å². The average molecular weight is 293 g/mol. The Hall–Kier alpha value is -2.44. The van der Waals surface area contributed by atoms with E-state index in [0.717, 1.165) is 18.6 Å². The number of aromatic nitrogens is 2. The Labute approximate surface area is 119 Å². The number of carbonyl (C=O) groups is 1. The van der Waals surface area contributed by atoms with Crippen molar-refractivity contribution in [2.75, 3.05) is 11.4 Å². The highest BCUT2D eigenvalue weighted by Crippen LogP contribution is 2.36. The Morgan fingerprint density at radius 3 is 2.90 bits per heavy atom. The molecule has 21 heavy (non-hydrogen) atoms. The van der Waals surface area contributed by atoms with Gasteiger partial charge in [-0.05, 0) is 31.0 Å². The normalized spacial score (nSPS) is 18.2. The number of hydrogen-bond acceptors (Lipinski definition) is 3. The molecule has 0 bridgehead atoms. The molecule has 1 fully saturated rings. The molecule has 2 aromatic rings. The molecule has 1 unspecified atom stereocenters. The van der Waals surface area contributed by atoms with Gasteiger partial charge in [0.05, 0.1) is 6.04 Å². The first kappa shape index (κ1) is 13.5. The number of aromatic carboxylic acids is 1. The number of rotatable bonds is 3. The van der Waals surface area contributed by atoms with E-state index in [2.05, 4.69) is 10.2 Å². The first-order valence-corrected chi connectivity index (χ1v) is 6.56. The molecule has 0 aliphatic carbocycles. The number of halogens is 2. The van der Waals surface area contributed by atoms with Crippen LogP contribution in [0.3, 0.4) is 0 Å². The van der Waals surface area contributed by atoms with Gasteiger partial charge in [0.1, 0.15) is 17.5 Å². The second kappa shape index (κ2) is 5.16. The number of anilines is 1. The molecule has 2 N–H and O–H groups in total. The molecule has 0 spiro atoms. The number of nitrogens with one attached hydrogen (secondary N) is 1. The molecule has 1 saturated heterocycles. The van der Waals surface area contributed by atoms with Crippen LogP contribution in [0.4, 0.5) is 14.6 Å². The van der Waals surface area contributed by atoms with Crippen molar-refractivity contribution in [2.45, 2.75) is 18.9 Å². The van der Waals surface area contributed by atoms with Crippen LogP contribution in [0.15, 0.2) is 24.3 Å². The van der Waals surface area contributed by atoms with Crippen molar-refractivity contribution in [3.63, 3.8) is 0 Å². The molecule has 1 aromatic carbocycles. The van der Waals surface area contributed by atoms with Gasteiger partial charge in [-0.2, -0.15) is 5.10 Å². The maximum atomic E-state index is 13.9. The molecule has 1 aliphatic heterocycles. The first-order valence-electron chi connectivity index (χ1n) is 6.56. The van der Waals surface area contributed by atoms with E-state index in [0.29, 0.717) is 18.8 Å². The standard InChI is InChI=1S/C14H13F2N3O2/c15-8-3-4-10(16)9(6-8)12-2-1-5-19(12)13-7-11(14(20)21)17-18-13/h3-4,6-7,12H,1-2,5H2,(H,17,18)(H,20,21). The molecule has 0 radical (unpaired) electrons. The summed E-state index contributed by atoms with van der Waals surface area (Å²) >= 11 is 0. The second-order valence-electron chi connectivity index (χ2n) is 4.96. The van der Waals surface area contributed by atoms with Gasteiger partial charge in [0, 0.05) is 18.2 Å². The Kier molecular flexibility index (Phi) is 3.32. The van der Waals surface area contributed by atoms with E-state index < -0.39 is 17.6 Å². The maximum Gasteiger partial charge on any atom is 0.356 e. The topological polar surface area (TPSA) is 69.2 Å². The molecular weight excluding hydrogens is 280 g/mol. The van der Waals surface area contributed by atoms with Gasteiger partial charge in [0.25, 0.3) is 0 Å². The van der Waals surface area contributed by atoms with Crippen molar-refractivity contribution in [3.8, 4) is 0 Å². The van der Waals surface area contributed by atoms with Gasteiger partial charge < -0.3 is 10.0 Å². The lowest BCUT2D eigenvalue weighted by molar-refractivity contribution is 0.0690. The quantitative estimate of drug-likeness (QED) is 0.913. The van der Waals surface area contributed by atoms with Crippen molar-refractivity contribution in [1.82, 2.24) is 10.2 Å². The van der Waals surface area contributed by atoms with Crippen LogP contribution in [0.5, 0.6) is 0 Å². The molecule has 0 saturated carbocycles. The highest BCUT2D eigenvalue weighted by molar-refractivity contribution is 5.86. The molecule has 2 heterocycles. The minimum atomic E-state index is -1.13. The lowest BCUT2D eigenvalue weighted by Gasteiger charge is -2.25. The monoisotopic (exact) mass is 293 g/mol. The predicted molar refractivity (Wildman–Crippen MR) is 71.2 cm³/mol. The minimum absolute atomic E-state index is 0.102. The Morgan fingerprint density at radius 1 is 1.38 bits per heavy atom. The lowest BCUT2D eigenvalue weighted by Crippen LogP contribution is -2.23. The predicted octanol–water partition coefficient (Wildman–Crippen LogP) is 2.73. The summed E-state index contributed by atoms with van der Waals surface area (Å²) in [5, 5.41) is 15.2. The number of carboxylic acid groups (broad SMARTS) is 1. The van der Waals surface area contributed by atoms with Crippen LogP contribution in [0.1, 0.15) is 34.9 Å². The third-order valence-corrected chi connectivity index (χ3v) is 3.66. The number of nitrogens with zero attached hydrogens (tertiary/aromatic N) is 2. The molecule has 110 valence electrons. The van der Waals surface area contributed by atoms with E-state index in [1.165, 1.54) is 12.1 Å². The first-order chi connectivity index (χ1) is 10.1. The Bertz CT molecular complexity index is 687. The van der Waals surface area contributed by atoms with Crippen molar-refractivity contribution in [3.05, 3.63) is 47.2 Å². The van der Waals surface area contributed by atoms with Crippen LogP contribution >= 0.6 is 0 Å². The zero-order valence-electron chi connectivity index (χ0n) is 11.0. The van der Waals surface area contributed by atoms with Crippen LogP contribution < -0.4 is 4.90 Å². The highest BCUT2D eigenvalue weighted by atomic mass is 19.1. The summed E-state index contributed by atoms with van der Waals surface area (Å²) in [7, 11) is 0. The third-order valence-electron chi connectivity index (χ3n) is 3.66. The van der Waals surface area contributed by atoms with Crippen molar-refractivity contribution in [2.24, 2.45) is 0 Å². The van der Waals surface area contributed by atoms with Crippen molar-refractivity contribution >= 4 is 11.8 Å². The van der Waals surface area contributed by atoms with Gasteiger partial charge in [-0.25, -0.2) is 13.6 Å². The summed E-state index contributed by atoms with van der Waals surface area (Å²) in [6.07, 6.45) is 1.48. The lowest BCUT2D eigenvalue weighted by atomic mass is 10.0. The number of carboxylic acids is 1. The van der Waals surface area contributed by atoms with Gasteiger partial charge in [0.2, 0.25) is 0 Å². The van der Waals surface area contributed by atoms with Gasteiger partial charge >= 0.3 is 5.97 Å². The molecule has 1 aromatic heterocycles. The molecule has 0 amide bonds. The van der Waals surface area contributed by atoms with E-state index in [4.69, 9.17) is 5.11 Å². The smallest absolute Gasteiger partial charge is 0.356 e. The fourth-order valence-corrected chi connectivity index (χ4v) is 2.72. The molecular formula is C14H13F2N3O2. The molecule has 3 rings (SSSR count). The van der Waals surface area contributed by atoms with Gasteiger partial charge in [-0.3, -0.25) is 5.10 Å². The number of aromatic amines is 1. The largest absolute Gasteiger partial charge is 0.476 e. The van der Waals surface area contributed by atoms with E-state index in [9.17, 15) is 13.6 Å². The van der Waals surface area contributed by atoms with Crippen molar-refractivity contribution in [1.29, 1.82) is 0 Å². The van der Waals surface area contributed by atoms with E-state index in [1.54, 1.807) is 0 Å². The zero-order valence-corrected chi connectivity index (χ0v) is 11.0. The summed E-state index contributed by atoms with van der Waals surface area (Å²) in [5.74, 6) is -1.59. The summed E-state index contributed by atoms with van der Waals surface area (Å²) < 4.78 is 27.3. The van der Waals surface area contributed by atoms with E-state index in [1.807, 2.05) is 4.90 Å². The van der Waals surface area contributed by atoms with Crippen LogP contribution in [-0.2, 0) is 0 Å². The second-order valence-corrected chi connectivity index (χ2v) is 4.96. The summed E-state index contributed by atoms with van der Waals surface area (Å²) in [4.78, 5) is 12.7. The summed E-state index contributed by atoms with van der Waals surface area (Å²) in [6.45, 7) is 0.627. The Morgan fingerprint density at radius 2 is 2.19 bits per heavy atom. The summed E-state index contributed by atoms with van der Waals surface area (Å²) in [6, 6.07) is 4.45. The van der Waals surface area contributed by atoms with Gasteiger partial charge in [0.15, 0.2) is 5.69 Å². The fraction of sp³-hybridized carbons (Fsp3) is 0.286. The average Bonchev–Trinajstić information content (AvgIpc) is 3.08. The number of hydrogen-bond donors (Lipinski definition) is 2. The van der Waals surface area contributed by atoms with Gasteiger partial charge in [-0.1, -0.05) is 0 Å². The third kappa shape index (κ3) is 2.46. The zero-order chi connectivity index (χ0) is 15.0. The molecule has 1 aliphatic rings. The highest BCUT2D eigenvalue weighted by Gasteiger charge is 2.30.